The van der Waals surface area contributed by atoms with Crippen molar-refractivity contribution in [2.75, 3.05) is 23.9 Å². The number of carbonyl (C=O) groups excluding carboxylic acids is 1. The molecule has 10 heteroatoms. The van der Waals surface area contributed by atoms with Gasteiger partial charge >= 0.3 is 0 Å². The SMILES string of the molecule is COc1ccc(NC(=O)c2cc(-c3cccs3)n(C3CCS(=O)(=O)C3)n2)cc1Cl. The lowest BCUT2D eigenvalue weighted by molar-refractivity contribution is 0.102. The van der Waals surface area contributed by atoms with Crippen molar-refractivity contribution in [3.05, 3.63) is 52.5 Å². The Morgan fingerprint density at radius 2 is 2.17 bits per heavy atom. The number of sulfone groups is 1. The number of rotatable bonds is 5. The van der Waals surface area contributed by atoms with E-state index >= 15 is 0 Å². The average Bonchev–Trinajstić information content (AvgIpc) is 3.40. The molecular formula is C19H18ClN3O4S2. The minimum absolute atomic E-state index is 0.0300. The number of nitrogens with one attached hydrogen (secondary N) is 1. The second kappa shape index (κ2) is 7.81. The fourth-order valence-electron chi connectivity index (χ4n) is 3.30. The fourth-order valence-corrected chi connectivity index (χ4v) is 5.98. The molecule has 1 unspecified atom stereocenters. The summed E-state index contributed by atoms with van der Waals surface area (Å²) in [5, 5.41) is 9.54. The Hall–Kier alpha value is -2.36. The number of ether oxygens (including phenoxy) is 1. The average molecular weight is 452 g/mol. The molecule has 1 saturated heterocycles. The molecular weight excluding hydrogens is 434 g/mol. The van der Waals surface area contributed by atoms with E-state index in [2.05, 4.69) is 10.4 Å². The zero-order valence-corrected chi connectivity index (χ0v) is 17.9. The molecule has 152 valence electrons. The number of aromatic nitrogens is 2. The number of carbonyl (C=O) groups is 1. The molecule has 0 saturated carbocycles. The van der Waals surface area contributed by atoms with Crippen LogP contribution in [0.25, 0.3) is 10.6 Å². The van der Waals surface area contributed by atoms with Crippen molar-refractivity contribution >= 4 is 44.4 Å². The predicted octanol–water partition coefficient (Wildman–Crippen LogP) is 3.89. The van der Waals surface area contributed by atoms with Crippen LogP contribution in [0.4, 0.5) is 5.69 Å². The van der Waals surface area contributed by atoms with Gasteiger partial charge in [-0.3, -0.25) is 9.48 Å². The summed E-state index contributed by atoms with van der Waals surface area (Å²) in [6.07, 6.45) is 0.484. The molecule has 1 aliphatic rings. The molecule has 0 spiro atoms. The third-order valence-corrected chi connectivity index (χ3v) is 7.64. The number of hydrogen-bond donors (Lipinski definition) is 1. The van der Waals surface area contributed by atoms with Gasteiger partial charge in [0, 0.05) is 5.69 Å². The Kier molecular flexibility index (Phi) is 5.37. The molecule has 7 nitrogen and oxygen atoms in total. The van der Waals surface area contributed by atoms with E-state index in [1.54, 1.807) is 28.9 Å². The minimum Gasteiger partial charge on any atom is -0.495 e. The Morgan fingerprint density at radius 1 is 1.34 bits per heavy atom. The van der Waals surface area contributed by atoms with E-state index in [1.165, 1.54) is 18.4 Å². The minimum atomic E-state index is -3.08. The third-order valence-electron chi connectivity index (χ3n) is 4.71. The van der Waals surface area contributed by atoms with Gasteiger partial charge in [0.2, 0.25) is 0 Å². The van der Waals surface area contributed by atoms with Crippen LogP contribution in [0.15, 0.2) is 41.8 Å². The zero-order valence-electron chi connectivity index (χ0n) is 15.5. The summed E-state index contributed by atoms with van der Waals surface area (Å²) >= 11 is 7.63. The van der Waals surface area contributed by atoms with Gasteiger partial charge in [-0.05, 0) is 42.1 Å². The topological polar surface area (TPSA) is 90.3 Å². The highest BCUT2D eigenvalue weighted by Crippen LogP contribution is 2.33. The Morgan fingerprint density at radius 3 is 2.79 bits per heavy atom. The maximum absolute atomic E-state index is 12.8. The van der Waals surface area contributed by atoms with Crippen molar-refractivity contribution in [2.24, 2.45) is 0 Å². The largest absolute Gasteiger partial charge is 0.495 e. The van der Waals surface area contributed by atoms with Crippen molar-refractivity contribution in [1.29, 1.82) is 0 Å². The molecule has 1 atom stereocenters. The number of anilines is 1. The third kappa shape index (κ3) is 4.17. The Bertz CT molecular complexity index is 1160. The van der Waals surface area contributed by atoms with Gasteiger partial charge in [0.1, 0.15) is 5.75 Å². The summed E-state index contributed by atoms with van der Waals surface area (Å²) in [7, 11) is -1.57. The molecule has 3 aromatic rings. The summed E-state index contributed by atoms with van der Waals surface area (Å²) in [5.74, 6) is 0.273. The van der Waals surface area contributed by atoms with E-state index in [4.69, 9.17) is 16.3 Å². The quantitative estimate of drug-likeness (QED) is 0.635. The molecule has 0 bridgehead atoms. The highest BCUT2D eigenvalue weighted by atomic mass is 35.5. The number of nitrogens with zero attached hydrogens (tertiary/aromatic N) is 2. The number of amides is 1. The number of hydrogen-bond acceptors (Lipinski definition) is 6. The summed E-state index contributed by atoms with van der Waals surface area (Å²) in [6, 6.07) is 10.2. The number of halogens is 1. The lowest BCUT2D eigenvalue weighted by atomic mass is 10.2. The van der Waals surface area contributed by atoms with Crippen LogP contribution in [0.5, 0.6) is 5.75 Å². The van der Waals surface area contributed by atoms with Crippen molar-refractivity contribution in [3.63, 3.8) is 0 Å². The van der Waals surface area contributed by atoms with Crippen LogP contribution < -0.4 is 10.1 Å². The summed E-state index contributed by atoms with van der Waals surface area (Å²) in [6.45, 7) is 0. The molecule has 1 N–H and O–H groups in total. The van der Waals surface area contributed by atoms with Gasteiger partial charge in [0.05, 0.1) is 40.3 Å². The van der Waals surface area contributed by atoms with E-state index in [0.717, 1.165) is 10.6 Å². The molecule has 1 fully saturated rings. The molecule has 1 aliphatic heterocycles. The molecule has 4 rings (SSSR count). The summed E-state index contributed by atoms with van der Waals surface area (Å²) < 4.78 is 30.7. The van der Waals surface area contributed by atoms with E-state index in [1.807, 2.05) is 17.5 Å². The monoisotopic (exact) mass is 451 g/mol. The van der Waals surface area contributed by atoms with Gasteiger partial charge in [0.25, 0.3) is 5.91 Å². The first-order valence-electron chi connectivity index (χ1n) is 8.85. The lowest BCUT2D eigenvalue weighted by Gasteiger charge is -2.12. The van der Waals surface area contributed by atoms with Crippen LogP contribution in [0.2, 0.25) is 5.02 Å². The molecule has 0 radical (unpaired) electrons. The smallest absolute Gasteiger partial charge is 0.276 e. The maximum atomic E-state index is 12.8. The first kappa shape index (κ1) is 19.9. The number of benzene rings is 1. The maximum Gasteiger partial charge on any atom is 0.276 e. The molecule has 2 aromatic heterocycles. The van der Waals surface area contributed by atoms with E-state index in [-0.39, 0.29) is 23.2 Å². The molecule has 1 aromatic carbocycles. The number of methoxy groups -OCH3 is 1. The highest BCUT2D eigenvalue weighted by molar-refractivity contribution is 7.91. The first-order chi connectivity index (χ1) is 13.9. The standard InChI is InChI=1S/C19H18ClN3O4S2/c1-27-17-5-4-12(9-14(17)20)21-19(24)15-10-16(18-3-2-7-28-18)23(22-15)13-6-8-29(25,26)11-13/h2-5,7,9-10,13H,6,8,11H2,1H3,(H,21,24). The van der Waals surface area contributed by atoms with Crippen LogP contribution in [0, 0.1) is 0 Å². The van der Waals surface area contributed by atoms with Crippen molar-refractivity contribution in [2.45, 2.75) is 12.5 Å². The van der Waals surface area contributed by atoms with Gasteiger partial charge in [-0.1, -0.05) is 17.7 Å². The molecule has 0 aliphatic carbocycles. The summed E-state index contributed by atoms with van der Waals surface area (Å²) in [4.78, 5) is 13.7. The van der Waals surface area contributed by atoms with Crippen molar-refractivity contribution in [1.82, 2.24) is 9.78 Å². The molecule has 29 heavy (non-hydrogen) atoms. The fraction of sp³-hybridized carbons (Fsp3) is 0.263. The van der Waals surface area contributed by atoms with Crippen LogP contribution in [-0.2, 0) is 9.84 Å². The van der Waals surface area contributed by atoms with Gasteiger partial charge in [-0.25, -0.2) is 8.42 Å². The summed E-state index contributed by atoms with van der Waals surface area (Å²) in [5.41, 5.74) is 1.46. The van der Waals surface area contributed by atoms with E-state index < -0.39 is 15.7 Å². The van der Waals surface area contributed by atoms with Crippen molar-refractivity contribution < 1.29 is 17.9 Å². The first-order valence-corrected chi connectivity index (χ1v) is 11.9. The zero-order chi connectivity index (χ0) is 20.6. The highest BCUT2D eigenvalue weighted by Gasteiger charge is 2.32. The van der Waals surface area contributed by atoms with Gasteiger partial charge in [0.15, 0.2) is 15.5 Å². The number of thiophene rings is 1. The predicted molar refractivity (Wildman–Crippen MR) is 114 cm³/mol. The van der Waals surface area contributed by atoms with E-state index in [9.17, 15) is 13.2 Å². The van der Waals surface area contributed by atoms with Gasteiger partial charge in [-0.2, -0.15) is 5.10 Å². The Labute approximate surface area is 177 Å². The van der Waals surface area contributed by atoms with Crippen LogP contribution in [0.1, 0.15) is 23.0 Å². The molecule has 1 amide bonds. The van der Waals surface area contributed by atoms with Crippen LogP contribution in [0.3, 0.4) is 0 Å². The molecule has 3 heterocycles. The van der Waals surface area contributed by atoms with Crippen molar-refractivity contribution in [3.8, 4) is 16.3 Å². The van der Waals surface area contributed by atoms with E-state index in [0.29, 0.717) is 22.9 Å². The lowest BCUT2D eigenvalue weighted by Crippen LogP contribution is -2.16. The van der Waals surface area contributed by atoms with Crippen LogP contribution >= 0.6 is 22.9 Å². The van der Waals surface area contributed by atoms with Gasteiger partial charge < -0.3 is 10.1 Å². The Balaban J connectivity index is 1.64. The van der Waals surface area contributed by atoms with Crippen LogP contribution in [-0.4, -0.2) is 42.7 Å². The second-order valence-electron chi connectivity index (χ2n) is 6.70. The second-order valence-corrected chi connectivity index (χ2v) is 10.3. The van der Waals surface area contributed by atoms with Gasteiger partial charge in [-0.15, -0.1) is 11.3 Å². The normalized spacial score (nSPS) is 17.9.